The fraction of sp³-hybridized carbons (Fsp3) is 0.636. The summed E-state index contributed by atoms with van der Waals surface area (Å²) in [5.74, 6) is -9.34. The largest absolute Gasteiger partial charge is 0.469 e. The van der Waals surface area contributed by atoms with E-state index in [1.54, 1.807) is 0 Å². The fourth-order valence-corrected chi connectivity index (χ4v) is 1.07. The van der Waals surface area contributed by atoms with Crippen molar-refractivity contribution >= 4 is 11.9 Å². The topological polar surface area (TPSA) is 52.6 Å². The molecule has 4 nitrogen and oxygen atoms in total. The Bertz CT molecular complexity index is 457. The van der Waals surface area contributed by atoms with Crippen LogP contribution in [0.25, 0.3) is 0 Å². The molecule has 0 aliphatic rings. The van der Waals surface area contributed by atoms with E-state index in [-0.39, 0.29) is 18.8 Å². The van der Waals surface area contributed by atoms with Gasteiger partial charge in [-0.25, -0.2) is 14.0 Å². The summed E-state index contributed by atoms with van der Waals surface area (Å²) in [4.78, 5) is 21.6. The highest BCUT2D eigenvalue weighted by atomic mass is 19.4. The molecule has 0 bridgehead atoms. The zero-order chi connectivity index (χ0) is 18.5. The summed E-state index contributed by atoms with van der Waals surface area (Å²) in [5.41, 5.74) is 0. The van der Waals surface area contributed by atoms with Crippen LogP contribution in [0.4, 0.5) is 35.1 Å². The Hall–Kier alpha value is -1.88. The van der Waals surface area contributed by atoms with Crippen molar-refractivity contribution in [2.75, 3.05) is 6.61 Å². The van der Waals surface area contributed by atoms with E-state index in [0.717, 1.165) is 0 Å². The average molecular weight is 358 g/mol. The predicted molar refractivity (Wildman–Crippen MR) is 57.3 cm³/mol. The third-order valence-corrected chi connectivity index (χ3v) is 2.06. The van der Waals surface area contributed by atoms with Crippen molar-refractivity contribution < 1.29 is 54.2 Å². The second-order valence-corrected chi connectivity index (χ2v) is 3.93. The summed E-state index contributed by atoms with van der Waals surface area (Å²) in [7, 11) is 0. The van der Waals surface area contributed by atoms with E-state index in [0.29, 0.717) is 0 Å². The van der Waals surface area contributed by atoms with Crippen molar-refractivity contribution in [3.8, 4) is 0 Å². The van der Waals surface area contributed by atoms with Gasteiger partial charge < -0.3 is 9.47 Å². The van der Waals surface area contributed by atoms with Crippen molar-refractivity contribution in [1.82, 2.24) is 0 Å². The quantitative estimate of drug-likeness (QED) is 0.399. The van der Waals surface area contributed by atoms with Crippen LogP contribution < -0.4 is 0 Å². The van der Waals surface area contributed by atoms with Gasteiger partial charge in [0.1, 0.15) is 0 Å². The van der Waals surface area contributed by atoms with Gasteiger partial charge in [-0.05, 0) is 6.92 Å². The molecular weight excluding hydrogens is 348 g/mol. The Balaban J connectivity index is 4.95. The average Bonchev–Trinajstić information content (AvgIpc) is 2.33. The molecule has 0 aromatic heterocycles. The van der Waals surface area contributed by atoms with E-state index in [9.17, 15) is 44.7 Å². The van der Waals surface area contributed by atoms with Crippen molar-refractivity contribution in [2.45, 2.75) is 37.7 Å². The smallest absolute Gasteiger partial charge is 0.463 e. The standard InChI is InChI=1S/C11H10F8O4/c1-2-22-7(20)3-4-8(21)23-11(18,19)10(16,17)6(12)5-9(13,14)15/h3-4,6H,2,5H2,1H3. The molecule has 0 spiro atoms. The molecule has 23 heavy (non-hydrogen) atoms. The zero-order valence-electron chi connectivity index (χ0n) is 11.3. The van der Waals surface area contributed by atoms with Gasteiger partial charge in [0, 0.05) is 12.2 Å². The molecule has 0 fully saturated rings. The zero-order valence-corrected chi connectivity index (χ0v) is 11.3. The van der Waals surface area contributed by atoms with Gasteiger partial charge in [-0.2, -0.15) is 30.7 Å². The highest BCUT2D eigenvalue weighted by molar-refractivity contribution is 5.91. The van der Waals surface area contributed by atoms with Crippen molar-refractivity contribution in [1.29, 1.82) is 0 Å². The maximum atomic E-state index is 13.0. The summed E-state index contributed by atoms with van der Waals surface area (Å²) in [6, 6.07) is 0. The Kier molecular flexibility index (Phi) is 6.97. The molecule has 12 heteroatoms. The van der Waals surface area contributed by atoms with E-state index in [2.05, 4.69) is 9.47 Å². The molecule has 0 amide bonds. The number of carbonyl (C=O) groups is 2. The lowest BCUT2D eigenvalue weighted by molar-refractivity contribution is -0.349. The third-order valence-electron chi connectivity index (χ3n) is 2.06. The van der Waals surface area contributed by atoms with Crippen LogP contribution in [0.1, 0.15) is 13.3 Å². The number of alkyl halides is 8. The monoisotopic (exact) mass is 358 g/mol. The van der Waals surface area contributed by atoms with Crippen molar-refractivity contribution in [3.05, 3.63) is 12.2 Å². The highest BCUT2D eigenvalue weighted by Crippen LogP contribution is 2.42. The number of esters is 2. The van der Waals surface area contributed by atoms with Crippen LogP contribution >= 0.6 is 0 Å². The molecule has 0 aromatic carbocycles. The van der Waals surface area contributed by atoms with Crippen molar-refractivity contribution in [3.63, 3.8) is 0 Å². The van der Waals surface area contributed by atoms with Gasteiger partial charge in [-0.15, -0.1) is 0 Å². The lowest BCUT2D eigenvalue weighted by atomic mass is 10.1. The first-order chi connectivity index (χ1) is 10.2. The van der Waals surface area contributed by atoms with Crippen LogP contribution in [-0.4, -0.2) is 42.9 Å². The number of hydrogen-bond donors (Lipinski definition) is 0. The molecule has 0 radical (unpaired) electrons. The van der Waals surface area contributed by atoms with Crippen LogP contribution in [0.2, 0.25) is 0 Å². The summed E-state index contributed by atoms with van der Waals surface area (Å²) in [5, 5.41) is 0. The third kappa shape index (κ3) is 6.82. The Morgan fingerprint density at radius 1 is 1.00 bits per heavy atom. The van der Waals surface area contributed by atoms with Gasteiger partial charge in [0.05, 0.1) is 13.0 Å². The van der Waals surface area contributed by atoms with Gasteiger partial charge in [-0.1, -0.05) is 0 Å². The van der Waals surface area contributed by atoms with E-state index in [4.69, 9.17) is 0 Å². The summed E-state index contributed by atoms with van der Waals surface area (Å²) in [6.45, 7) is 1.22. The molecule has 0 saturated carbocycles. The Labute approximate surface area is 124 Å². The normalized spacial score (nSPS) is 14.7. The van der Waals surface area contributed by atoms with Crippen LogP contribution in [0.15, 0.2) is 12.2 Å². The molecule has 0 heterocycles. The first kappa shape index (κ1) is 21.1. The SMILES string of the molecule is CCOC(=O)C=CC(=O)OC(F)(F)C(F)(F)C(F)CC(F)(F)F. The van der Waals surface area contributed by atoms with Crippen LogP contribution in [0, 0.1) is 0 Å². The minimum absolute atomic E-state index is 0.0288. The summed E-state index contributed by atoms with van der Waals surface area (Å²) >= 11 is 0. The van der Waals surface area contributed by atoms with Crippen LogP contribution in [0.5, 0.6) is 0 Å². The number of halogens is 8. The molecule has 0 aliphatic carbocycles. The van der Waals surface area contributed by atoms with E-state index in [1.165, 1.54) is 6.92 Å². The van der Waals surface area contributed by atoms with Gasteiger partial charge in [0.25, 0.3) is 0 Å². The molecule has 0 aromatic rings. The predicted octanol–water partition coefficient (Wildman–Crippen LogP) is 3.17. The van der Waals surface area contributed by atoms with Crippen LogP contribution in [0.3, 0.4) is 0 Å². The highest BCUT2D eigenvalue weighted by Gasteiger charge is 2.66. The minimum Gasteiger partial charge on any atom is -0.463 e. The molecule has 0 N–H and O–H groups in total. The maximum Gasteiger partial charge on any atom is 0.469 e. The van der Waals surface area contributed by atoms with Gasteiger partial charge in [-0.3, -0.25) is 0 Å². The molecule has 0 rings (SSSR count). The van der Waals surface area contributed by atoms with E-state index >= 15 is 0 Å². The Morgan fingerprint density at radius 2 is 1.48 bits per heavy atom. The van der Waals surface area contributed by atoms with Crippen LogP contribution in [-0.2, 0) is 19.1 Å². The van der Waals surface area contributed by atoms with Gasteiger partial charge >= 0.3 is 30.1 Å². The molecule has 1 unspecified atom stereocenters. The second kappa shape index (κ2) is 7.59. The number of hydrogen-bond acceptors (Lipinski definition) is 4. The summed E-state index contributed by atoms with van der Waals surface area (Å²) in [6.07, 6.45) is -18.3. The lowest BCUT2D eigenvalue weighted by Crippen LogP contribution is -2.51. The number of rotatable bonds is 7. The molecule has 1 atom stereocenters. The molecule has 0 aliphatic heterocycles. The second-order valence-electron chi connectivity index (χ2n) is 3.93. The summed E-state index contributed by atoms with van der Waals surface area (Å²) < 4.78 is 107. The first-order valence-corrected chi connectivity index (χ1v) is 5.77. The number of carbonyl (C=O) groups excluding carboxylic acids is 2. The molecule has 0 saturated heterocycles. The minimum atomic E-state index is -5.93. The van der Waals surface area contributed by atoms with Crippen molar-refractivity contribution in [2.24, 2.45) is 0 Å². The van der Waals surface area contributed by atoms with E-state index in [1.807, 2.05) is 0 Å². The fourth-order valence-electron chi connectivity index (χ4n) is 1.07. The molecular formula is C11H10F8O4. The lowest BCUT2D eigenvalue weighted by Gasteiger charge is -2.28. The van der Waals surface area contributed by atoms with Gasteiger partial charge in [0.15, 0.2) is 6.17 Å². The van der Waals surface area contributed by atoms with E-state index < -0.39 is 42.7 Å². The Morgan fingerprint density at radius 3 is 1.91 bits per heavy atom. The molecule has 134 valence electrons. The first-order valence-electron chi connectivity index (χ1n) is 5.77. The van der Waals surface area contributed by atoms with Gasteiger partial charge in [0.2, 0.25) is 0 Å². The maximum absolute atomic E-state index is 13.0. The number of ether oxygens (including phenoxy) is 2.